The van der Waals surface area contributed by atoms with E-state index in [1.165, 1.54) is 0 Å². The number of ether oxygens (including phenoxy) is 2. The SMILES string of the molecule is O=C(CCC(=O)Nc1ccc([C@]2(S)O[C@H](C(=O)O)[C@@H](OS(=O)(=O)O)[C@H](OS(=O)(=O)O)[C@H]2OS(=O)(=O)O)cc1)Nc1ccc([C@]2(S)O[C@H](C(=O)O)[C@@H](OS(=O)(=O)O)[C@H](OS(=O)(=O)O)[C@H]2OS(=O)(=O)O)cc1. The first-order valence-corrected chi connectivity index (χ1v) is 26.7. The maximum atomic E-state index is 12.8. The van der Waals surface area contributed by atoms with Crippen LogP contribution in [-0.2, 0) is 126 Å². The van der Waals surface area contributed by atoms with Crippen molar-refractivity contribution in [2.45, 2.75) is 71.5 Å². The van der Waals surface area contributed by atoms with Crippen molar-refractivity contribution in [3.05, 3.63) is 59.7 Å². The molecule has 0 aliphatic carbocycles. The average molecular weight is 1170 g/mol. The minimum Gasteiger partial charge on any atom is -0.479 e. The monoisotopic (exact) mass is 1160 g/mol. The zero-order valence-corrected chi connectivity index (χ0v) is 40.1. The molecule has 2 aromatic carbocycles. The van der Waals surface area contributed by atoms with Gasteiger partial charge in [-0.05, 0) is 35.4 Å². The Bertz CT molecular complexity index is 2820. The second kappa shape index (κ2) is 21.3. The highest BCUT2D eigenvalue weighted by Crippen LogP contribution is 2.48. The second-order valence-corrected chi connectivity index (χ2v) is 21.4. The van der Waals surface area contributed by atoms with Gasteiger partial charge in [0, 0.05) is 24.2 Å². The number of nitrogens with one attached hydrogen (secondary N) is 2. The fraction of sp³-hybridized carbons (Fsp3) is 0.429. The van der Waals surface area contributed by atoms with E-state index in [1.807, 2.05) is 0 Å². The van der Waals surface area contributed by atoms with Gasteiger partial charge in [-0.2, -0.15) is 50.5 Å². The van der Waals surface area contributed by atoms with Crippen molar-refractivity contribution in [1.82, 2.24) is 0 Å². The largest absolute Gasteiger partial charge is 0.479 e. The first-order chi connectivity index (χ1) is 31.6. The molecule has 2 aromatic rings. The molecule has 34 nitrogen and oxygen atoms in total. The summed E-state index contributed by atoms with van der Waals surface area (Å²) in [6.07, 6.45) is -24.0. The number of anilines is 2. The highest BCUT2D eigenvalue weighted by Gasteiger charge is 2.63. The highest BCUT2D eigenvalue weighted by atomic mass is 32.3. The third-order valence-corrected chi connectivity index (χ3v) is 12.8. The summed E-state index contributed by atoms with van der Waals surface area (Å²) in [7, 11) is -34.8. The minimum atomic E-state index is -5.84. The molecule has 0 radical (unpaired) electrons. The molecular formula is C28H32N2O32S8. The van der Waals surface area contributed by atoms with E-state index in [9.17, 15) is 107 Å². The third kappa shape index (κ3) is 16.3. The van der Waals surface area contributed by atoms with Gasteiger partial charge in [0.05, 0.1) is 0 Å². The smallest absolute Gasteiger partial charge is 0.397 e. The van der Waals surface area contributed by atoms with Crippen LogP contribution in [0.25, 0.3) is 0 Å². The van der Waals surface area contributed by atoms with E-state index in [2.05, 4.69) is 61.0 Å². The number of benzene rings is 2. The number of aliphatic carboxylic acids is 2. The van der Waals surface area contributed by atoms with E-state index in [1.54, 1.807) is 0 Å². The van der Waals surface area contributed by atoms with E-state index in [0.717, 1.165) is 48.5 Å². The van der Waals surface area contributed by atoms with E-state index in [0.29, 0.717) is 0 Å². The van der Waals surface area contributed by atoms with Crippen molar-refractivity contribution in [2.75, 3.05) is 10.6 Å². The molecule has 2 aliphatic heterocycles. The third-order valence-electron chi connectivity index (χ3n) is 8.84. The molecule has 2 saturated heterocycles. The predicted molar refractivity (Wildman–Crippen MR) is 224 cm³/mol. The summed E-state index contributed by atoms with van der Waals surface area (Å²) in [5, 5.41) is 24.2. The van der Waals surface area contributed by atoms with Gasteiger partial charge >= 0.3 is 74.3 Å². The standard InChI is InChI=1S/C28H32N2O32S8/c31-15(29-13-5-1-11(2-6-13)27(63)23(61-69(49,50)51)19(59-67(43,44)45)17(57-65(37,38)39)21(55-27)25(33)34)9-10-16(32)30-14-7-3-12(4-8-14)28(64)24(62-70(52,53)54)20(60-68(46,47)48)18(58-66(40,41)42)22(56-28)26(35)36/h1-8,17-24,63-64H,9-10H2,(H,29,31)(H,30,32)(H,33,34)(H,35,36)(H,37,38,39)(H,40,41,42)(H,43,44,45)(H,46,47,48)(H,49,50,51)(H,52,53,54)/t17-,18-,19-,20-,21-,22-,23+,24+,27+,28+/m0/s1. The van der Waals surface area contributed by atoms with Crippen LogP contribution >= 0.6 is 25.3 Å². The van der Waals surface area contributed by atoms with E-state index in [-0.39, 0.29) is 11.4 Å². The molecule has 70 heavy (non-hydrogen) atoms. The van der Waals surface area contributed by atoms with Crippen molar-refractivity contribution in [3.63, 3.8) is 0 Å². The Hall–Kier alpha value is -3.84. The molecule has 2 fully saturated rings. The van der Waals surface area contributed by atoms with Gasteiger partial charge in [-0.15, -0.1) is 25.3 Å². The molecule has 4 rings (SSSR count). The normalized spacial score (nSPS) is 28.1. The number of carboxylic acid groups (broad SMARTS) is 2. The summed E-state index contributed by atoms with van der Waals surface area (Å²) >= 11 is 8.17. The summed E-state index contributed by atoms with van der Waals surface area (Å²) in [5.41, 5.74) is -1.33. The Balaban J connectivity index is 1.54. The molecule has 2 heterocycles. The molecule has 10 atom stereocenters. The topological polar surface area (TPSA) is 533 Å². The average Bonchev–Trinajstić information content (AvgIpc) is 3.16. The lowest BCUT2D eigenvalue weighted by Crippen LogP contribution is -2.65. The van der Waals surface area contributed by atoms with Crippen LogP contribution in [0.2, 0.25) is 0 Å². The van der Waals surface area contributed by atoms with Gasteiger partial charge in [-0.1, -0.05) is 24.3 Å². The number of rotatable bonds is 21. The van der Waals surface area contributed by atoms with Gasteiger partial charge in [-0.3, -0.25) is 36.9 Å². The maximum Gasteiger partial charge on any atom is 0.397 e. The van der Waals surface area contributed by atoms with Gasteiger partial charge in [-0.25, -0.2) is 34.7 Å². The lowest BCUT2D eigenvalue weighted by molar-refractivity contribution is -0.226. The molecule has 10 N–H and O–H groups in total. The first-order valence-electron chi connectivity index (χ1n) is 17.6. The van der Waals surface area contributed by atoms with Crippen molar-refractivity contribution < 1.29 is 142 Å². The van der Waals surface area contributed by atoms with Crippen LogP contribution in [0.5, 0.6) is 0 Å². The molecule has 42 heteroatoms. The van der Waals surface area contributed by atoms with Crippen LogP contribution in [0, 0.1) is 0 Å². The molecule has 2 aliphatic rings. The summed E-state index contributed by atoms with van der Waals surface area (Å²) in [6.45, 7) is 0. The van der Waals surface area contributed by atoms with Crippen LogP contribution in [0.1, 0.15) is 24.0 Å². The van der Waals surface area contributed by atoms with E-state index >= 15 is 0 Å². The minimum absolute atomic E-state index is 0.148. The van der Waals surface area contributed by atoms with Gasteiger partial charge in [0.25, 0.3) is 0 Å². The number of hydrogen-bond donors (Lipinski definition) is 12. The van der Waals surface area contributed by atoms with Gasteiger partial charge < -0.3 is 30.3 Å². The Morgan fingerprint density at radius 1 is 0.457 bits per heavy atom. The predicted octanol–water partition coefficient (Wildman–Crippen LogP) is -2.70. The number of carbonyl (C=O) groups is 4. The van der Waals surface area contributed by atoms with Gasteiger partial charge in [0.2, 0.25) is 11.8 Å². The Labute approximate surface area is 404 Å². The summed E-state index contributed by atoms with van der Waals surface area (Å²) in [6, 6.07) is 7.54. The van der Waals surface area contributed by atoms with Gasteiger partial charge in [0.1, 0.15) is 24.4 Å². The fourth-order valence-electron chi connectivity index (χ4n) is 6.38. The number of carboxylic acids is 2. The van der Waals surface area contributed by atoms with Crippen molar-refractivity contribution >= 4 is 123 Å². The first kappa shape index (κ1) is 58.7. The van der Waals surface area contributed by atoms with Crippen molar-refractivity contribution in [2.24, 2.45) is 0 Å². The lowest BCUT2D eigenvalue weighted by Gasteiger charge is -2.47. The molecule has 0 aromatic heterocycles. The Morgan fingerprint density at radius 3 is 0.929 bits per heavy atom. The van der Waals surface area contributed by atoms with Crippen LogP contribution in [0.15, 0.2) is 48.5 Å². The van der Waals surface area contributed by atoms with E-state index < -0.39 is 169 Å². The maximum absolute atomic E-state index is 12.8. The zero-order valence-electron chi connectivity index (χ0n) is 33.4. The number of amides is 2. The van der Waals surface area contributed by atoms with Crippen molar-refractivity contribution in [1.29, 1.82) is 0 Å². The van der Waals surface area contributed by atoms with E-state index in [4.69, 9.17) is 9.47 Å². The highest BCUT2D eigenvalue weighted by molar-refractivity contribution is 7.83. The number of carbonyl (C=O) groups excluding carboxylic acids is 2. The number of thiol groups is 2. The van der Waals surface area contributed by atoms with Crippen LogP contribution < -0.4 is 10.6 Å². The fourth-order valence-corrected chi connectivity index (χ4v) is 10.4. The van der Waals surface area contributed by atoms with Crippen molar-refractivity contribution in [3.8, 4) is 0 Å². The quantitative estimate of drug-likeness (QED) is 0.0447. The lowest BCUT2D eigenvalue weighted by atomic mass is 9.90. The molecule has 0 bridgehead atoms. The van der Waals surface area contributed by atoms with Crippen LogP contribution in [0.4, 0.5) is 11.4 Å². The molecule has 394 valence electrons. The zero-order chi connectivity index (χ0) is 53.4. The molecular weight excluding hydrogens is 1130 g/mol. The molecule has 0 spiro atoms. The summed E-state index contributed by atoms with van der Waals surface area (Å²) < 4.78 is 233. The second-order valence-electron chi connectivity index (χ2n) is 13.7. The summed E-state index contributed by atoms with van der Waals surface area (Å²) in [5.74, 6) is -6.19. The molecule has 0 saturated carbocycles. The Kier molecular flexibility index (Phi) is 17.9. The Morgan fingerprint density at radius 2 is 0.700 bits per heavy atom. The number of hydrogen-bond acceptors (Lipinski definition) is 26. The summed E-state index contributed by atoms with van der Waals surface area (Å²) in [4.78, 5) is 44.0. The van der Waals surface area contributed by atoms with Crippen LogP contribution in [-0.4, -0.2) is 161 Å². The van der Waals surface area contributed by atoms with Gasteiger partial charge in [0.15, 0.2) is 34.3 Å². The molecule has 0 unspecified atom stereocenters. The van der Waals surface area contributed by atoms with Crippen LogP contribution in [0.3, 0.4) is 0 Å². The molecule has 2 amide bonds.